The Morgan fingerprint density at radius 2 is 1.67 bits per heavy atom. The van der Waals surface area contributed by atoms with Gasteiger partial charge in [-0.25, -0.2) is 0 Å². The molecule has 4 nitrogen and oxygen atoms in total. The minimum absolute atomic E-state index is 0.126. The first-order valence-corrected chi connectivity index (χ1v) is 11.6. The lowest BCUT2D eigenvalue weighted by Gasteiger charge is -2.32. The van der Waals surface area contributed by atoms with Crippen LogP contribution in [0.15, 0.2) is 79.0 Å². The van der Waals surface area contributed by atoms with E-state index in [1.165, 1.54) is 0 Å². The van der Waals surface area contributed by atoms with Crippen LogP contribution in [0.25, 0.3) is 22.0 Å². The van der Waals surface area contributed by atoms with Crippen LogP contribution in [0.3, 0.4) is 0 Å². The average Bonchev–Trinajstić information content (AvgIpc) is 2.86. The molecule has 0 bridgehead atoms. The molecule has 1 amide bonds. The third kappa shape index (κ3) is 4.61. The van der Waals surface area contributed by atoms with E-state index in [9.17, 15) is 4.79 Å². The Hall–Kier alpha value is -3.66. The van der Waals surface area contributed by atoms with Gasteiger partial charge in [0, 0.05) is 48.6 Å². The maximum absolute atomic E-state index is 13.0. The molecular weight excluding hydrogens is 408 g/mol. The molecule has 1 aromatic heterocycles. The van der Waals surface area contributed by atoms with Crippen molar-refractivity contribution in [3.05, 3.63) is 95.7 Å². The van der Waals surface area contributed by atoms with Crippen LogP contribution in [0.2, 0.25) is 0 Å². The molecule has 0 aliphatic carbocycles. The highest BCUT2D eigenvalue weighted by atomic mass is 16.5. The van der Waals surface area contributed by atoms with Crippen molar-refractivity contribution < 1.29 is 9.53 Å². The second-order valence-electron chi connectivity index (χ2n) is 8.87. The normalized spacial score (nSPS) is 14.4. The first-order chi connectivity index (χ1) is 16.1. The van der Waals surface area contributed by atoms with Gasteiger partial charge in [0.15, 0.2) is 0 Å². The zero-order valence-corrected chi connectivity index (χ0v) is 19.1. The Morgan fingerprint density at radius 3 is 2.45 bits per heavy atom. The molecule has 4 heteroatoms. The Bertz CT molecular complexity index is 1290. The number of hydrogen-bond donors (Lipinski definition) is 0. The summed E-state index contributed by atoms with van der Waals surface area (Å²) in [5.74, 6) is 0.995. The molecule has 0 radical (unpaired) electrons. The molecule has 2 heterocycles. The lowest BCUT2D eigenvalue weighted by molar-refractivity contribution is 0.0595. The second-order valence-corrected chi connectivity index (χ2v) is 8.87. The molecule has 0 saturated carbocycles. The summed E-state index contributed by atoms with van der Waals surface area (Å²) in [7, 11) is 0. The minimum atomic E-state index is 0.126. The average molecular weight is 437 g/mol. The molecule has 1 fully saturated rings. The number of carbonyl (C=O) groups is 1. The second kappa shape index (κ2) is 9.07. The number of aromatic nitrogens is 1. The minimum Gasteiger partial charge on any atom is -0.490 e. The fraction of sp³-hybridized carbons (Fsp3) is 0.241. The van der Waals surface area contributed by atoms with Gasteiger partial charge in [0.2, 0.25) is 0 Å². The van der Waals surface area contributed by atoms with Crippen molar-refractivity contribution in [2.45, 2.75) is 32.8 Å². The predicted octanol–water partition coefficient (Wildman–Crippen LogP) is 6.20. The largest absolute Gasteiger partial charge is 0.490 e. The number of pyridine rings is 1. The number of piperidine rings is 1. The number of para-hydroxylation sites is 1. The van der Waals surface area contributed by atoms with E-state index in [-0.39, 0.29) is 12.0 Å². The quantitative estimate of drug-likeness (QED) is 0.382. The molecule has 1 aliphatic rings. The van der Waals surface area contributed by atoms with Crippen molar-refractivity contribution in [2.24, 2.45) is 0 Å². The third-order valence-corrected chi connectivity index (χ3v) is 6.43. The zero-order chi connectivity index (χ0) is 22.8. The summed E-state index contributed by atoms with van der Waals surface area (Å²) in [6.45, 7) is 5.47. The molecule has 0 N–H and O–H groups in total. The van der Waals surface area contributed by atoms with Gasteiger partial charge in [-0.05, 0) is 55.3 Å². The van der Waals surface area contributed by atoms with Crippen LogP contribution in [0.5, 0.6) is 5.75 Å². The first-order valence-electron chi connectivity index (χ1n) is 11.6. The van der Waals surface area contributed by atoms with Gasteiger partial charge in [-0.15, -0.1) is 0 Å². The first kappa shape index (κ1) is 21.2. The van der Waals surface area contributed by atoms with Crippen molar-refractivity contribution in [1.29, 1.82) is 0 Å². The summed E-state index contributed by atoms with van der Waals surface area (Å²) < 4.78 is 6.24. The molecular formula is C29H28N2O2. The number of ether oxygens (including phenoxy) is 1. The van der Waals surface area contributed by atoms with Crippen LogP contribution >= 0.6 is 0 Å². The van der Waals surface area contributed by atoms with Crippen LogP contribution in [0.1, 0.15) is 34.3 Å². The lowest BCUT2D eigenvalue weighted by Crippen LogP contribution is -2.42. The maximum Gasteiger partial charge on any atom is 0.254 e. The Balaban J connectivity index is 1.20. The molecule has 0 unspecified atom stereocenters. The van der Waals surface area contributed by atoms with E-state index in [2.05, 4.69) is 29.2 Å². The van der Waals surface area contributed by atoms with E-state index >= 15 is 0 Å². The number of hydrogen-bond acceptors (Lipinski definition) is 3. The van der Waals surface area contributed by atoms with Crippen LogP contribution in [-0.2, 0) is 0 Å². The van der Waals surface area contributed by atoms with Crippen LogP contribution in [-0.4, -0.2) is 35.0 Å². The van der Waals surface area contributed by atoms with Gasteiger partial charge in [0.25, 0.3) is 5.91 Å². The number of amides is 1. The van der Waals surface area contributed by atoms with Gasteiger partial charge in [0.1, 0.15) is 11.9 Å². The number of nitrogens with zero attached hydrogens (tertiary/aromatic N) is 2. The predicted molar refractivity (Wildman–Crippen MR) is 133 cm³/mol. The highest BCUT2D eigenvalue weighted by Crippen LogP contribution is 2.27. The fourth-order valence-electron chi connectivity index (χ4n) is 4.46. The van der Waals surface area contributed by atoms with Gasteiger partial charge in [-0.3, -0.25) is 9.78 Å². The summed E-state index contributed by atoms with van der Waals surface area (Å²) >= 11 is 0. The Labute approximate surface area is 194 Å². The number of aryl methyl sites for hydroxylation is 2. The Morgan fingerprint density at radius 1 is 0.909 bits per heavy atom. The molecule has 1 saturated heterocycles. The van der Waals surface area contributed by atoms with E-state index in [1.807, 2.05) is 73.5 Å². The smallest absolute Gasteiger partial charge is 0.254 e. The molecule has 1 aliphatic heterocycles. The zero-order valence-electron chi connectivity index (χ0n) is 19.1. The van der Waals surface area contributed by atoms with Gasteiger partial charge in [0.05, 0.1) is 5.52 Å². The third-order valence-electron chi connectivity index (χ3n) is 6.43. The van der Waals surface area contributed by atoms with Crippen molar-refractivity contribution in [1.82, 2.24) is 9.88 Å². The Kier molecular flexibility index (Phi) is 5.82. The summed E-state index contributed by atoms with van der Waals surface area (Å²) in [5.41, 5.74) is 6.18. The SMILES string of the molecule is Cc1ccc(C)c(C(=O)N2CCC(Oc3ccc(-c4cnc5ccccc5c4)cc3)CC2)c1. The van der Waals surface area contributed by atoms with E-state index in [1.54, 1.807) is 0 Å². The van der Waals surface area contributed by atoms with Gasteiger partial charge >= 0.3 is 0 Å². The molecule has 4 aromatic rings. The molecule has 3 aromatic carbocycles. The standard InChI is InChI=1S/C29H28N2O2/c1-20-7-8-21(2)27(17-20)29(32)31-15-13-26(14-16-31)33-25-11-9-22(10-12-25)24-18-23-5-3-4-6-28(23)30-19-24/h3-12,17-19,26H,13-16H2,1-2H3. The van der Waals surface area contributed by atoms with Gasteiger partial charge in [-0.1, -0.05) is 48.0 Å². The number of rotatable bonds is 4. The molecule has 0 spiro atoms. The van der Waals surface area contributed by atoms with Crippen molar-refractivity contribution in [3.8, 4) is 16.9 Å². The van der Waals surface area contributed by atoms with E-state index in [0.717, 1.165) is 70.4 Å². The summed E-state index contributed by atoms with van der Waals surface area (Å²) in [6.07, 6.45) is 3.72. The van der Waals surface area contributed by atoms with E-state index < -0.39 is 0 Å². The van der Waals surface area contributed by atoms with Crippen molar-refractivity contribution >= 4 is 16.8 Å². The molecule has 0 atom stereocenters. The summed E-state index contributed by atoms with van der Waals surface area (Å²) in [4.78, 5) is 19.5. The highest BCUT2D eigenvalue weighted by Gasteiger charge is 2.25. The maximum atomic E-state index is 13.0. The highest BCUT2D eigenvalue weighted by molar-refractivity contribution is 5.96. The van der Waals surface area contributed by atoms with Gasteiger partial charge in [-0.2, -0.15) is 0 Å². The monoisotopic (exact) mass is 436 g/mol. The van der Waals surface area contributed by atoms with Crippen LogP contribution in [0.4, 0.5) is 0 Å². The van der Waals surface area contributed by atoms with Crippen LogP contribution < -0.4 is 4.74 Å². The number of likely N-dealkylation sites (tertiary alicyclic amines) is 1. The van der Waals surface area contributed by atoms with Crippen molar-refractivity contribution in [2.75, 3.05) is 13.1 Å². The summed E-state index contributed by atoms with van der Waals surface area (Å²) in [6, 6.07) is 24.6. The number of benzene rings is 3. The van der Waals surface area contributed by atoms with E-state index in [0.29, 0.717) is 0 Å². The molecule has 5 rings (SSSR count). The number of carbonyl (C=O) groups excluding carboxylic acids is 1. The van der Waals surface area contributed by atoms with E-state index in [4.69, 9.17) is 4.74 Å². The lowest BCUT2D eigenvalue weighted by atomic mass is 10.0. The molecule has 33 heavy (non-hydrogen) atoms. The topological polar surface area (TPSA) is 42.4 Å². The number of fused-ring (bicyclic) bond motifs is 1. The van der Waals surface area contributed by atoms with Crippen LogP contribution in [0, 0.1) is 13.8 Å². The fourth-order valence-corrected chi connectivity index (χ4v) is 4.46. The molecule has 166 valence electrons. The van der Waals surface area contributed by atoms with Gasteiger partial charge < -0.3 is 9.64 Å². The summed E-state index contributed by atoms with van der Waals surface area (Å²) in [5, 5.41) is 1.14. The van der Waals surface area contributed by atoms with Crippen molar-refractivity contribution in [3.63, 3.8) is 0 Å².